The van der Waals surface area contributed by atoms with E-state index in [0.717, 1.165) is 27.2 Å². The summed E-state index contributed by atoms with van der Waals surface area (Å²) in [5.74, 6) is -0.286. The molecule has 3 aromatic rings. The van der Waals surface area contributed by atoms with Crippen molar-refractivity contribution in [1.29, 1.82) is 0 Å². The van der Waals surface area contributed by atoms with Crippen LogP contribution in [0.15, 0.2) is 47.1 Å². The number of nitrogens with one attached hydrogen (secondary N) is 1. The highest BCUT2D eigenvalue weighted by molar-refractivity contribution is 9.10. The fourth-order valence-electron chi connectivity index (χ4n) is 2.82. The van der Waals surface area contributed by atoms with Crippen molar-refractivity contribution < 1.29 is 18.0 Å². The van der Waals surface area contributed by atoms with Gasteiger partial charge in [0.25, 0.3) is 5.91 Å². The first-order valence-electron chi connectivity index (χ1n) is 8.64. The second-order valence-electron chi connectivity index (χ2n) is 6.43. The van der Waals surface area contributed by atoms with Crippen LogP contribution in [0, 0.1) is 0 Å². The molecule has 0 bridgehead atoms. The Balaban J connectivity index is 1.70. The van der Waals surface area contributed by atoms with Crippen LogP contribution in [0.25, 0.3) is 10.6 Å². The monoisotopic (exact) mass is 486 g/mol. The number of benzene rings is 1. The lowest BCUT2D eigenvalue weighted by Gasteiger charge is -2.17. The van der Waals surface area contributed by atoms with Gasteiger partial charge in [-0.25, -0.2) is 0 Å². The minimum absolute atomic E-state index is 0.161. The van der Waals surface area contributed by atoms with E-state index in [-0.39, 0.29) is 12.5 Å². The Morgan fingerprint density at radius 1 is 1.31 bits per heavy atom. The van der Waals surface area contributed by atoms with Gasteiger partial charge in [0.05, 0.1) is 21.0 Å². The molecule has 0 spiro atoms. The van der Waals surface area contributed by atoms with Crippen LogP contribution < -0.4 is 11.1 Å². The van der Waals surface area contributed by atoms with Crippen LogP contribution in [-0.4, -0.2) is 28.3 Å². The largest absolute Gasteiger partial charge is 0.416 e. The highest BCUT2D eigenvalue weighted by Crippen LogP contribution is 2.36. The molecule has 10 heteroatoms. The third-order valence-electron chi connectivity index (χ3n) is 4.35. The van der Waals surface area contributed by atoms with Crippen molar-refractivity contribution in [2.24, 2.45) is 12.8 Å². The maximum Gasteiger partial charge on any atom is 0.416 e. The van der Waals surface area contributed by atoms with Gasteiger partial charge in [-0.3, -0.25) is 9.48 Å². The quantitative estimate of drug-likeness (QED) is 0.547. The van der Waals surface area contributed by atoms with Crippen molar-refractivity contribution in [2.75, 3.05) is 6.54 Å². The van der Waals surface area contributed by atoms with Gasteiger partial charge >= 0.3 is 6.18 Å². The average Bonchev–Trinajstić information content (AvgIpc) is 3.26. The first kappa shape index (κ1) is 21.5. The van der Waals surface area contributed by atoms with Crippen molar-refractivity contribution in [3.05, 3.63) is 63.1 Å². The predicted octanol–water partition coefficient (Wildman–Crippen LogP) is 4.23. The second kappa shape index (κ2) is 8.68. The van der Waals surface area contributed by atoms with Crippen LogP contribution in [0.2, 0.25) is 0 Å². The van der Waals surface area contributed by atoms with Crippen molar-refractivity contribution >= 4 is 33.2 Å². The number of hydrogen-bond acceptors (Lipinski definition) is 4. The number of carbonyl (C=O) groups is 1. The summed E-state index contributed by atoms with van der Waals surface area (Å²) in [6.45, 7) is 0.161. The lowest BCUT2D eigenvalue weighted by Crippen LogP contribution is -2.41. The van der Waals surface area contributed by atoms with E-state index < -0.39 is 17.8 Å². The number of amides is 1. The molecule has 0 radical (unpaired) electrons. The molecule has 0 unspecified atom stereocenters. The number of aryl methyl sites for hydroxylation is 1. The van der Waals surface area contributed by atoms with Gasteiger partial charge in [-0.2, -0.15) is 18.3 Å². The fourth-order valence-corrected chi connectivity index (χ4v) is 4.65. The first-order chi connectivity index (χ1) is 13.7. The highest BCUT2D eigenvalue weighted by Gasteiger charge is 2.30. The molecule has 1 aromatic carbocycles. The van der Waals surface area contributed by atoms with Gasteiger partial charge in [0.15, 0.2) is 0 Å². The van der Waals surface area contributed by atoms with Gasteiger partial charge in [0.1, 0.15) is 0 Å². The summed E-state index contributed by atoms with van der Waals surface area (Å²) >= 11 is 4.79. The van der Waals surface area contributed by atoms with Crippen LogP contribution >= 0.6 is 27.3 Å². The standard InChI is InChI=1S/C19H18BrF3N4OS/c1-27-15(6-7-25-27)17-14(20)9-16(29-17)18(28)26-13(10-24)8-11-2-4-12(5-3-11)19(21,22)23/h2-7,9,13H,8,10,24H2,1H3,(H,26,28)/t13-/m1/s1. The third-order valence-corrected chi connectivity index (χ3v) is 6.39. The molecule has 154 valence electrons. The van der Waals surface area contributed by atoms with Gasteiger partial charge in [-0.1, -0.05) is 12.1 Å². The molecule has 3 rings (SSSR count). The summed E-state index contributed by atoms with van der Waals surface area (Å²) < 4.78 is 40.5. The summed E-state index contributed by atoms with van der Waals surface area (Å²) in [5.41, 5.74) is 6.60. The molecular weight excluding hydrogens is 469 g/mol. The lowest BCUT2D eigenvalue weighted by molar-refractivity contribution is -0.137. The third kappa shape index (κ3) is 5.06. The van der Waals surface area contributed by atoms with Crippen molar-refractivity contribution in [3.63, 3.8) is 0 Å². The van der Waals surface area contributed by atoms with E-state index in [4.69, 9.17) is 5.73 Å². The highest BCUT2D eigenvalue weighted by atomic mass is 79.9. The van der Waals surface area contributed by atoms with Crippen LogP contribution in [0.5, 0.6) is 0 Å². The number of alkyl halides is 3. The molecule has 2 aromatic heterocycles. The Morgan fingerprint density at radius 3 is 2.55 bits per heavy atom. The number of thiophene rings is 1. The van der Waals surface area contributed by atoms with Gasteiger partial charge in [-0.05, 0) is 52.2 Å². The zero-order chi connectivity index (χ0) is 21.2. The Kier molecular flexibility index (Phi) is 6.45. The van der Waals surface area contributed by atoms with E-state index in [1.54, 1.807) is 16.9 Å². The van der Waals surface area contributed by atoms with E-state index in [1.165, 1.54) is 23.5 Å². The van der Waals surface area contributed by atoms with Gasteiger partial charge < -0.3 is 11.1 Å². The Hall–Kier alpha value is -2.17. The summed E-state index contributed by atoms with van der Waals surface area (Å²) in [5, 5.41) is 6.99. The lowest BCUT2D eigenvalue weighted by atomic mass is 10.0. The molecule has 1 atom stereocenters. The second-order valence-corrected chi connectivity index (χ2v) is 8.34. The zero-order valence-electron chi connectivity index (χ0n) is 15.3. The van der Waals surface area contributed by atoms with Gasteiger partial charge in [-0.15, -0.1) is 11.3 Å². The van der Waals surface area contributed by atoms with Crippen LogP contribution in [-0.2, 0) is 19.6 Å². The van der Waals surface area contributed by atoms with Crippen molar-refractivity contribution in [2.45, 2.75) is 18.6 Å². The summed E-state index contributed by atoms with van der Waals surface area (Å²) in [6, 6.07) is 8.04. The first-order valence-corrected chi connectivity index (χ1v) is 10.2. The average molecular weight is 487 g/mol. The zero-order valence-corrected chi connectivity index (χ0v) is 17.7. The maximum atomic E-state index is 12.7. The van der Waals surface area contributed by atoms with E-state index in [0.29, 0.717) is 16.9 Å². The SMILES string of the molecule is Cn1nccc1-c1sc(C(=O)N[C@@H](CN)Cc2ccc(C(F)(F)F)cc2)cc1Br. The molecule has 29 heavy (non-hydrogen) atoms. The minimum Gasteiger partial charge on any atom is -0.347 e. The molecule has 0 saturated carbocycles. The Bertz CT molecular complexity index is 998. The molecule has 3 N–H and O–H groups in total. The molecular formula is C19H18BrF3N4OS. The van der Waals surface area contributed by atoms with Crippen molar-refractivity contribution in [3.8, 4) is 10.6 Å². The number of halogens is 4. The van der Waals surface area contributed by atoms with E-state index in [9.17, 15) is 18.0 Å². The van der Waals surface area contributed by atoms with Gasteiger partial charge in [0.2, 0.25) is 0 Å². The maximum absolute atomic E-state index is 12.7. The van der Waals surface area contributed by atoms with Crippen LogP contribution in [0.4, 0.5) is 13.2 Å². The number of aromatic nitrogens is 2. The molecule has 0 aliphatic rings. The topological polar surface area (TPSA) is 72.9 Å². The molecule has 0 saturated heterocycles. The summed E-state index contributed by atoms with van der Waals surface area (Å²) in [7, 11) is 1.82. The number of hydrogen-bond donors (Lipinski definition) is 2. The molecule has 1 amide bonds. The normalized spacial score (nSPS) is 12.8. The minimum atomic E-state index is -4.38. The van der Waals surface area contributed by atoms with E-state index in [1.807, 2.05) is 13.1 Å². The molecule has 2 heterocycles. The number of nitrogens with two attached hydrogens (primary N) is 1. The fraction of sp³-hybridized carbons (Fsp3) is 0.263. The summed E-state index contributed by atoms with van der Waals surface area (Å²) in [6.07, 6.45) is -2.37. The van der Waals surface area contributed by atoms with Crippen LogP contribution in [0.3, 0.4) is 0 Å². The number of nitrogens with zero attached hydrogens (tertiary/aromatic N) is 2. The van der Waals surface area contributed by atoms with E-state index >= 15 is 0 Å². The Morgan fingerprint density at radius 2 is 2.00 bits per heavy atom. The van der Waals surface area contributed by atoms with Crippen LogP contribution in [0.1, 0.15) is 20.8 Å². The molecule has 0 aliphatic heterocycles. The van der Waals surface area contributed by atoms with Crippen molar-refractivity contribution in [1.82, 2.24) is 15.1 Å². The Labute approximate surface area is 177 Å². The number of carbonyl (C=O) groups excluding carboxylic acids is 1. The molecule has 5 nitrogen and oxygen atoms in total. The predicted molar refractivity (Wildman–Crippen MR) is 110 cm³/mol. The van der Waals surface area contributed by atoms with E-state index in [2.05, 4.69) is 26.3 Å². The molecule has 0 fully saturated rings. The van der Waals surface area contributed by atoms with Gasteiger partial charge in [0, 0.05) is 30.3 Å². The molecule has 0 aliphatic carbocycles. The smallest absolute Gasteiger partial charge is 0.347 e. The summed E-state index contributed by atoms with van der Waals surface area (Å²) in [4.78, 5) is 14.0. The number of rotatable bonds is 6.